The minimum absolute atomic E-state index is 0.151. The molecule has 0 N–H and O–H groups in total. The molecule has 3 nitrogen and oxygen atoms in total. The Morgan fingerprint density at radius 2 is 1.84 bits per heavy atom. The SMILES string of the molecule is CC(C)(C)C1([N+](=O)[O-])C=CC(c2ccccc2)=CC1. The van der Waals surface area contributed by atoms with Gasteiger partial charge in [0.25, 0.3) is 0 Å². The second-order valence-electron chi connectivity index (χ2n) is 5.99. The van der Waals surface area contributed by atoms with Crippen LogP contribution in [0.3, 0.4) is 0 Å². The van der Waals surface area contributed by atoms with E-state index in [0.29, 0.717) is 6.42 Å². The van der Waals surface area contributed by atoms with Crippen LogP contribution in [0.2, 0.25) is 0 Å². The predicted octanol–water partition coefficient (Wildman–Crippen LogP) is 4.09. The van der Waals surface area contributed by atoms with Gasteiger partial charge in [-0.25, -0.2) is 0 Å². The molecule has 0 aliphatic heterocycles. The Kier molecular flexibility index (Phi) is 3.31. The molecule has 100 valence electrons. The minimum atomic E-state index is -1.01. The highest BCUT2D eigenvalue weighted by Crippen LogP contribution is 2.41. The van der Waals surface area contributed by atoms with E-state index in [1.807, 2.05) is 63.3 Å². The van der Waals surface area contributed by atoms with Gasteiger partial charge >= 0.3 is 0 Å². The van der Waals surface area contributed by atoms with Gasteiger partial charge in [-0.05, 0) is 17.2 Å². The van der Waals surface area contributed by atoms with E-state index in [-0.39, 0.29) is 4.92 Å². The summed E-state index contributed by atoms with van der Waals surface area (Å²) in [5.74, 6) is 0. The number of benzene rings is 1. The van der Waals surface area contributed by atoms with Crippen molar-refractivity contribution in [2.24, 2.45) is 5.41 Å². The highest BCUT2D eigenvalue weighted by atomic mass is 16.6. The molecule has 1 aliphatic rings. The van der Waals surface area contributed by atoms with Gasteiger partial charge in [0.05, 0.1) is 0 Å². The number of rotatable bonds is 2. The monoisotopic (exact) mass is 257 g/mol. The zero-order valence-electron chi connectivity index (χ0n) is 11.6. The lowest BCUT2D eigenvalue weighted by atomic mass is 9.69. The Hall–Kier alpha value is -1.90. The van der Waals surface area contributed by atoms with Crippen LogP contribution >= 0.6 is 0 Å². The molecule has 1 aromatic rings. The quantitative estimate of drug-likeness (QED) is 0.591. The lowest BCUT2D eigenvalue weighted by Crippen LogP contribution is -2.48. The van der Waals surface area contributed by atoms with E-state index in [2.05, 4.69) is 0 Å². The van der Waals surface area contributed by atoms with Gasteiger partial charge in [0, 0.05) is 16.8 Å². The molecular weight excluding hydrogens is 238 g/mol. The fourth-order valence-electron chi connectivity index (χ4n) is 2.44. The Bertz CT molecular complexity index is 538. The van der Waals surface area contributed by atoms with Crippen molar-refractivity contribution < 1.29 is 4.92 Å². The molecule has 0 aromatic heterocycles. The van der Waals surface area contributed by atoms with Crippen LogP contribution in [-0.2, 0) is 0 Å². The van der Waals surface area contributed by atoms with E-state index < -0.39 is 11.0 Å². The van der Waals surface area contributed by atoms with Crippen LogP contribution in [0.1, 0.15) is 32.8 Å². The normalized spacial score (nSPS) is 23.0. The van der Waals surface area contributed by atoms with Gasteiger partial charge in [0.2, 0.25) is 5.54 Å². The summed E-state index contributed by atoms with van der Waals surface area (Å²) < 4.78 is 0. The largest absolute Gasteiger partial charge is 0.264 e. The lowest BCUT2D eigenvalue weighted by Gasteiger charge is -2.35. The van der Waals surface area contributed by atoms with Crippen LogP contribution < -0.4 is 0 Å². The molecule has 0 bridgehead atoms. The molecule has 0 saturated heterocycles. The van der Waals surface area contributed by atoms with Crippen molar-refractivity contribution >= 4 is 5.57 Å². The molecule has 0 saturated carbocycles. The fourth-order valence-corrected chi connectivity index (χ4v) is 2.44. The first kappa shape index (κ1) is 13.5. The van der Waals surface area contributed by atoms with Crippen molar-refractivity contribution in [1.82, 2.24) is 0 Å². The molecular formula is C16H19NO2. The molecule has 1 aliphatic carbocycles. The van der Waals surface area contributed by atoms with Gasteiger partial charge in [-0.2, -0.15) is 0 Å². The summed E-state index contributed by atoms with van der Waals surface area (Å²) in [4.78, 5) is 11.3. The molecule has 0 radical (unpaired) electrons. The van der Waals surface area contributed by atoms with Crippen molar-refractivity contribution in [3.63, 3.8) is 0 Å². The maximum Gasteiger partial charge on any atom is 0.248 e. The van der Waals surface area contributed by atoms with Crippen molar-refractivity contribution in [1.29, 1.82) is 0 Å². The number of hydrogen-bond donors (Lipinski definition) is 0. The fraction of sp³-hybridized carbons (Fsp3) is 0.375. The average molecular weight is 257 g/mol. The van der Waals surface area contributed by atoms with Crippen molar-refractivity contribution in [3.05, 3.63) is 64.2 Å². The summed E-state index contributed by atoms with van der Waals surface area (Å²) in [5.41, 5.74) is 0.740. The van der Waals surface area contributed by atoms with E-state index in [1.54, 1.807) is 6.08 Å². The second-order valence-corrected chi connectivity index (χ2v) is 5.99. The molecule has 0 fully saturated rings. The van der Waals surface area contributed by atoms with Crippen molar-refractivity contribution in [2.45, 2.75) is 32.7 Å². The van der Waals surface area contributed by atoms with E-state index in [1.165, 1.54) is 0 Å². The first-order valence-electron chi connectivity index (χ1n) is 6.46. The lowest BCUT2D eigenvalue weighted by molar-refractivity contribution is -0.573. The zero-order chi connectivity index (χ0) is 14.1. The zero-order valence-corrected chi connectivity index (χ0v) is 11.6. The third kappa shape index (κ3) is 2.33. The number of nitro groups is 1. The van der Waals surface area contributed by atoms with Crippen LogP contribution in [0, 0.1) is 15.5 Å². The summed E-state index contributed by atoms with van der Waals surface area (Å²) in [6.07, 6.45) is 6.05. The molecule has 1 aromatic carbocycles. The van der Waals surface area contributed by atoms with Gasteiger partial charge in [0.15, 0.2) is 0 Å². The Labute approximate surface area is 113 Å². The predicted molar refractivity (Wildman–Crippen MR) is 77.4 cm³/mol. The van der Waals surface area contributed by atoms with E-state index in [9.17, 15) is 10.1 Å². The molecule has 0 spiro atoms. The Morgan fingerprint density at radius 1 is 1.21 bits per heavy atom. The molecule has 0 amide bonds. The summed E-state index contributed by atoms with van der Waals surface area (Å²) in [5, 5.41) is 11.5. The first-order chi connectivity index (χ1) is 8.87. The third-order valence-corrected chi connectivity index (χ3v) is 3.90. The maximum absolute atomic E-state index is 11.5. The van der Waals surface area contributed by atoms with Crippen LogP contribution in [0.25, 0.3) is 5.57 Å². The van der Waals surface area contributed by atoms with Crippen LogP contribution in [0.5, 0.6) is 0 Å². The molecule has 1 unspecified atom stereocenters. The third-order valence-electron chi connectivity index (χ3n) is 3.90. The van der Waals surface area contributed by atoms with Gasteiger partial charge in [-0.3, -0.25) is 10.1 Å². The average Bonchev–Trinajstić information content (AvgIpc) is 2.38. The first-order valence-corrected chi connectivity index (χ1v) is 6.46. The van der Waals surface area contributed by atoms with Gasteiger partial charge in [-0.1, -0.05) is 63.3 Å². The number of hydrogen-bond acceptors (Lipinski definition) is 2. The molecule has 3 heteroatoms. The topological polar surface area (TPSA) is 43.1 Å². The highest BCUT2D eigenvalue weighted by molar-refractivity contribution is 5.75. The van der Waals surface area contributed by atoms with Crippen molar-refractivity contribution in [2.75, 3.05) is 0 Å². The van der Waals surface area contributed by atoms with Crippen LogP contribution in [-0.4, -0.2) is 10.5 Å². The minimum Gasteiger partial charge on any atom is -0.264 e. The standard InChI is InChI=1S/C16H19NO2/c1-15(2,3)16(17(18)19)11-9-14(10-12-16)13-7-5-4-6-8-13/h4-11H,12H2,1-3H3. The molecule has 19 heavy (non-hydrogen) atoms. The molecule has 0 heterocycles. The van der Waals surface area contributed by atoms with Crippen molar-refractivity contribution in [3.8, 4) is 0 Å². The Morgan fingerprint density at radius 3 is 2.26 bits per heavy atom. The summed E-state index contributed by atoms with van der Waals surface area (Å²) in [7, 11) is 0. The smallest absolute Gasteiger partial charge is 0.248 e. The molecule has 2 rings (SSSR count). The second kappa shape index (κ2) is 4.65. The summed E-state index contributed by atoms with van der Waals surface area (Å²) >= 11 is 0. The maximum atomic E-state index is 11.5. The van der Waals surface area contributed by atoms with E-state index >= 15 is 0 Å². The van der Waals surface area contributed by atoms with Crippen LogP contribution in [0.4, 0.5) is 0 Å². The summed E-state index contributed by atoms with van der Waals surface area (Å²) in [6.45, 7) is 5.75. The number of allylic oxidation sites excluding steroid dienone is 2. The van der Waals surface area contributed by atoms with Gasteiger partial charge < -0.3 is 0 Å². The van der Waals surface area contributed by atoms with Gasteiger partial charge in [-0.15, -0.1) is 0 Å². The summed E-state index contributed by atoms with van der Waals surface area (Å²) in [6, 6.07) is 9.96. The molecule has 1 atom stereocenters. The highest BCUT2D eigenvalue weighted by Gasteiger charge is 2.51. The number of nitrogens with zero attached hydrogens (tertiary/aromatic N) is 1. The van der Waals surface area contributed by atoms with Gasteiger partial charge in [0.1, 0.15) is 0 Å². The van der Waals surface area contributed by atoms with Crippen LogP contribution in [0.15, 0.2) is 48.6 Å². The van der Waals surface area contributed by atoms with E-state index in [0.717, 1.165) is 11.1 Å². The Balaban J connectivity index is 2.34. The van der Waals surface area contributed by atoms with E-state index in [4.69, 9.17) is 0 Å².